The summed E-state index contributed by atoms with van der Waals surface area (Å²) in [4.78, 5) is 0. The maximum Gasteiger partial charge on any atom is 0.171 e. The second kappa shape index (κ2) is 5.40. The third-order valence-corrected chi connectivity index (χ3v) is 3.28. The molecule has 0 amide bonds. The molecule has 0 aliphatic rings. The maximum absolute atomic E-state index is 5.36. The Morgan fingerprint density at radius 3 is 2.50 bits per heavy atom. The first kappa shape index (κ1) is 13.5. The first-order chi connectivity index (χ1) is 8.46. The quantitative estimate of drug-likeness (QED) is 0.850. The van der Waals surface area contributed by atoms with Crippen LogP contribution in [0, 0.1) is 3.57 Å². The molecule has 0 fully saturated rings. The first-order valence-corrected chi connectivity index (χ1v) is 6.98. The van der Waals surface area contributed by atoms with E-state index >= 15 is 0 Å². The lowest BCUT2D eigenvalue weighted by atomic mass is 10.1. The van der Waals surface area contributed by atoms with Crippen LogP contribution in [-0.2, 0) is 6.54 Å². The Bertz CT molecular complexity index is 511. The maximum atomic E-state index is 5.36. The average molecular weight is 356 g/mol. The van der Waals surface area contributed by atoms with E-state index in [9.17, 15) is 0 Å². The van der Waals surface area contributed by atoms with E-state index in [0.29, 0.717) is 0 Å². The van der Waals surface area contributed by atoms with Crippen molar-refractivity contribution in [3.63, 3.8) is 0 Å². The van der Waals surface area contributed by atoms with Crippen molar-refractivity contribution < 1.29 is 4.52 Å². The lowest BCUT2D eigenvalue weighted by Crippen LogP contribution is -2.35. The Balaban J connectivity index is 2.20. The predicted molar refractivity (Wildman–Crippen MR) is 81.2 cm³/mol. The van der Waals surface area contributed by atoms with E-state index in [-0.39, 0.29) is 5.54 Å². The van der Waals surface area contributed by atoms with E-state index < -0.39 is 0 Å². The van der Waals surface area contributed by atoms with Gasteiger partial charge in [-0.25, -0.2) is 0 Å². The van der Waals surface area contributed by atoms with Crippen molar-refractivity contribution in [3.8, 4) is 11.3 Å². The molecule has 1 N–H and O–H groups in total. The fraction of sp³-hybridized carbons (Fsp3) is 0.357. The van der Waals surface area contributed by atoms with Gasteiger partial charge in [-0.05, 0) is 55.5 Å². The van der Waals surface area contributed by atoms with E-state index in [0.717, 1.165) is 23.4 Å². The molecule has 4 heteroatoms. The summed E-state index contributed by atoms with van der Waals surface area (Å²) in [6.45, 7) is 7.19. The molecule has 0 aliphatic carbocycles. The molecule has 2 aromatic rings. The standard InChI is InChI=1S/C14H17IN2O/c1-14(2,3)16-8-11-9-17-18-13(11)10-4-6-12(15)7-5-10/h4-7,9,16H,8H2,1-3H3. The molecule has 1 heterocycles. The molecule has 0 atom stereocenters. The van der Waals surface area contributed by atoms with Crippen molar-refractivity contribution in [2.75, 3.05) is 0 Å². The summed E-state index contributed by atoms with van der Waals surface area (Å²) in [6, 6.07) is 8.25. The van der Waals surface area contributed by atoms with Crippen LogP contribution in [0.25, 0.3) is 11.3 Å². The minimum absolute atomic E-state index is 0.0839. The number of hydrogen-bond donors (Lipinski definition) is 1. The fourth-order valence-electron chi connectivity index (χ4n) is 1.59. The topological polar surface area (TPSA) is 38.1 Å². The SMILES string of the molecule is CC(C)(C)NCc1cnoc1-c1ccc(I)cc1. The summed E-state index contributed by atoms with van der Waals surface area (Å²) < 4.78 is 6.58. The molecule has 3 nitrogen and oxygen atoms in total. The predicted octanol–water partition coefficient (Wildman–Crippen LogP) is 3.83. The van der Waals surface area contributed by atoms with Crippen LogP contribution in [0.15, 0.2) is 35.0 Å². The molecule has 0 saturated heterocycles. The monoisotopic (exact) mass is 356 g/mol. The van der Waals surface area contributed by atoms with Crippen LogP contribution < -0.4 is 5.32 Å². The van der Waals surface area contributed by atoms with Crippen molar-refractivity contribution in [3.05, 3.63) is 39.6 Å². The van der Waals surface area contributed by atoms with E-state index in [1.165, 1.54) is 3.57 Å². The van der Waals surface area contributed by atoms with Crippen LogP contribution in [-0.4, -0.2) is 10.7 Å². The molecule has 0 unspecified atom stereocenters. The van der Waals surface area contributed by atoms with Crippen LogP contribution in [0.3, 0.4) is 0 Å². The molecule has 0 saturated carbocycles. The Morgan fingerprint density at radius 2 is 1.89 bits per heavy atom. The first-order valence-electron chi connectivity index (χ1n) is 5.90. The highest BCUT2D eigenvalue weighted by Gasteiger charge is 2.14. The average Bonchev–Trinajstić information content (AvgIpc) is 2.75. The third kappa shape index (κ3) is 3.55. The smallest absolute Gasteiger partial charge is 0.171 e. The fourth-order valence-corrected chi connectivity index (χ4v) is 1.95. The summed E-state index contributed by atoms with van der Waals surface area (Å²) in [5.74, 6) is 0.850. The molecule has 0 spiro atoms. The number of hydrogen-bond acceptors (Lipinski definition) is 3. The van der Waals surface area contributed by atoms with Gasteiger partial charge in [0.05, 0.1) is 6.20 Å². The second-order valence-electron chi connectivity index (χ2n) is 5.29. The number of nitrogens with zero attached hydrogens (tertiary/aromatic N) is 1. The molecule has 96 valence electrons. The van der Waals surface area contributed by atoms with Gasteiger partial charge in [0.25, 0.3) is 0 Å². The zero-order valence-corrected chi connectivity index (χ0v) is 13.0. The van der Waals surface area contributed by atoms with Crippen LogP contribution >= 0.6 is 22.6 Å². The van der Waals surface area contributed by atoms with Crippen molar-refractivity contribution >= 4 is 22.6 Å². The van der Waals surface area contributed by atoms with Gasteiger partial charge in [0.15, 0.2) is 5.76 Å². The van der Waals surface area contributed by atoms with Gasteiger partial charge in [0.1, 0.15) is 0 Å². The highest BCUT2D eigenvalue weighted by molar-refractivity contribution is 14.1. The van der Waals surface area contributed by atoms with Crippen LogP contribution in [0.5, 0.6) is 0 Å². The lowest BCUT2D eigenvalue weighted by Gasteiger charge is -2.20. The number of aromatic nitrogens is 1. The van der Waals surface area contributed by atoms with E-state index in [1.807, 2.05) is 0 Å². The molecular weight excluding hydrogens is 339 g/mol. The van der Waals surface area contributed by atoms with Gasteiger partial charge in [-0.1, -0.05) is 17.3 Å². The van der Waals surface area contributed by atoms with Gasteiger partial charge in [-0.3, -0.25) is 0 Å². The Morgan fingerprint density at radius 1 is 1.22 bits per heavy atom. The van der Waals surface area contributed by atoms with Crippen molar-refractivity contribution in [1.29, 1.82) is 0 Å². The highest BCUT2D eigenvalue weighted by Crippen LogP contribution is 2.24. The van der Waals surface area contributed by atoms with E-state index in [2.05, 4.69) is 78.1 Å². The second-order valence-corrected chi connectivity index (χ2v) is 6.54. The minimum Gasteiger partial charge on any atom is -0.356 e. The third-order valence-electron chi connectivity index (χ3n) is 2.56. The van der Waals surface area contributed by atoms with Crippen molar-refractivity contribution in [1.82, 2.24) is 10.5 Å². The molecule has 1 aromatic heterocycles. The van der Waals surface area contributed by atoms with Gasteiger partial charge in [-0.2, -0.15) is 0 Å². The van der Waals surface area contributed by atoms with Crippen LogP contribution in [0.4, 0.5) is 0 Å². The largest absolute Gasteiger partial charge is 0.356 e. The van der Waals surface area contributed by atoms with Gasteiger partial charge < -0.3 is 9.84 Å². The van der Waals surface area contributed by atoms with Crippen LogP contribution in [0.1, 0.15) is 26.3 Å². The van der Waals surface area contributed by atoms with Crippen molar-refractivity contribution in [2.45, 2.75) is 32.9 Å². The minimum atomic E-state index is 0.0839. The Labute approximate surface area is 121 Å². The van der Waals surface area contributed by atoms with Gasteiger partial charge >= 0.3 is 0 Å². The molecule has 0 bridgehead atoms. The summed E-state index contributed by atoms with van der Waals surface area (Å²) in [5.41, 5.74) is 2.24. The Hall–Kier alpha value is -0.880. The van der Waals surface area contributed by atoms with E-state index in [1.54, 1.807) is 6.20 Å². The zero-order valence-electron chi connectivity index (χ0n) is 10.8. The molecule has 1 aromatic carbocycles. The zero-order chi connectivity index (χ0) is 13.2. The molecule has 2 rings (SSSR count). The normalized spacial score (nSPS) is 11.8. The lowest BCUT2D eigenvalue weighted by molar-refractivity contribution is 0.418. The molecule has 0 aliphatic heterocycles. The van der Waals surface area contributed by atoms with Gasteiger partial charge in [0.2, 0.25) is 0 Å². The Kier molecular flexibility index (Phi) is 4.07. The molecular formula is C14H17IN2O. The highest BCUT2D eigenvalue weighted by atomic mass is 127. The molecule has 18 heavy (non-hydrogen) atoms. The number of nitrogens with one attached hydrogen (secondary N) is 1. The number of halogens is 1. The number of rotatable bonds is 3. The van der Waals surface area contributed by atoms with E-state index in [4.69, 9.17) is 4.52 Å². The molecule has 0 radical (unpaired) electrons. The van der Waals surface area contributed by atoms with Gasteiger partial charge in [-0.15, -0.1) is 0 Å². The van der Waals surface area contributed by atoms with Crippen molar-refractivity contribution in [2.24, 2.45) is 0 Å². The van der Waals surface area contributed by atoms with Crippen LogP contribution in [0.2, 0.25) is 0 Å². The summed E-state index contributed by atoms with van der Waals surface area (Å²) in [7, 11) is 0. The van der Waals surface area contributed by atoms with Gasteiger partial charge in [0, 0.05) is 26.8 Å². The summed E-state index contributed by atoms with van der Waals surface area (Å²) in [5, 5.41) is 7.35. The summed E-state index contributed by atoms with van der Waals surface area (Å²) >= 11 is 2.29. The number of benzene rings is 1. The summed E-state index contributed by atoms with van der Waals surface area (Å²) in [6.07, 6.45) is 1.78.